The molecule has 2 aromatic rings. The van der Waals surface area contributed by atoms with Crippen molar-refractivity contribution < 1.29 is 0 Å². The molecule has 5 nitrogen and oxygen atoms in total. The van der Waals surface area contributed by atoms with Gasteiger partial charge >= 0.3 is 0 Å². The molecule has 0 amide bonds. The van der Waals surface area contributed by atoms with E-state index in [-0.39, 0.29) is 5.56 Å². The van der Waals surface area contributed by atoms with Gasteiger partial charge in [0, 0.05) is 36.3 Å². The van der Waals surface area contributed by atoms with Crippen molar-refractivity contribution in [1.82, 2.24) is 15.0 Å². The Balaban J connectivity index is 2.08. The fourth-order valence-corrected chi connectivity index (χ4v) is 2.29. The predicted molar refractivity (Wildman–Crippen MR) is 72.8 cm³/mol. The number of aromatic nitrogens is 3. The van der Waals surface area contributed by atoms with Crippen LogP contribution >= 0.6 is 11.8 Å². The van der Waals surface area contributed by atoms with Crippen LogP contribution in [-0.2, 0) is 5.75 Å². The van der Waals surface area contributed by atoms with Gasteiger partial charge in [-0.3, -0.25) is 4.79 Å². The summed E-state index contributed by atoms with van der Waals surface area (Å²) in [4.78, 5) is 22.2. The molecule has 2 rings (SSSR count). The molecule has 0 unspecified atom stereocenters. The molecule has 6 heteroatoms. The highest BCUT2D eigenvalue weighted by Crippen LogP contribution is 2.21. The van der Waals surface area contributed by atoms with E-state index in [1.165, 1.54) is 24.0 Å². The quantitative estimate of drug-likeness (QED) is 0.636. The molecule has 2 aromatic heterocycles. The largest absolute Gasteiger partial charge is 0.370 e. The number of H-pyrrole nitrogens is 1. The number of nitrogens with zero attached hydrogens (tertiary/aromatic N) is 2. The Morgan fingerprint density at radius 2 is 2.22 bits per heavy atom. The van der Waals surface area contributed by atoms with Crippen LogP contribution in [0.3, 0.4) is 0 Å². The normalized spacial score (nSPS) is 10.3. The lowest BCUT2D eigenvalue weighted by Crippen LogP contribution is -2.06. The van der Waals surface area contributed by atoms with Crippen LogP contribution in [0.5, 0.6) is 0 Å². The number of rotatable bonds is 5. The second-order valence-electron chi connectivity index (χ2n) is 3.57. The van der Waals surface area contributed by atoms with Crippen molar-refractivity contribution in [3.63, 3.8) is 0 Å². The fraction of sp³-hybridized carbons (Fsp3) is 0.250. The van der Waals surface area contributed by atoms with E-state index in [1.54, 1.807) is 6.20 Å². The van der Waals surface area contributed by atoms with Gasteiger partial charge in [0.1, 0.15) is 5.82 Å². The monoisotopic (exact) mass is 262 g/mol. The molecule has 94 valence electrons. The second-order valence-corrected chi connectivity index (χ2v) is 4.53. The van der Waals surface area contributed by atoms with Crippen LogP contribution in [0.2, 0.25) is 0 Å². The first-order chi connectivity index (χ1) is 8.79. The molecule has 0 bridgehead atoms. The van der Waals surface area contributed by atoms with Crippen molar-refractivity contribution in [2.45, 2.75) is 17.8 Å². The van der Waals surface area contributed by atoms with Gasteiger partial charge in [-0.25, -0.2) is 9.97 Å². The summed E-state index contributed by atoms with van der Waals surface area (Å²) in [6.45, 7) is 2.86. The minimum atomic E-state index is -0.134. The fourth-order valence-electron chi connectivity index (χ4n) is 1.45. The van der Waals surface area contributed by atoms with Gasteiger partial charge in [0.25, 0.3) is 5.56 Å². The van der Waals surface area contributed by atoms with Gasteiger partial charge in [0.05, 0.1) is 0 Å². The summed E-state index contributed by atoms with van der Waals surface area (Å²) in [7, 11) is 0. The van der Waals surface area contributed by atoms with E-state index in [0.29, 0.717) is 10.9 Å². The molecule has 2 N–H and O–H groups in total. The summed E-state index contributed by atoms with van der Waals surface area (Å²) < 4.78 is 0. The first-order valence-corrected chi connectivity index (χ1v) is 6.64. The zero-order valence-corrected chi connectivity index (χ0v) is 10.8. The Labute approximate surface area is 109 Å². The van der Waals surface area contributed by atoms with Crippen LogP contribution < -0.4 is 10.9 Å². The SMILES string of the molecule is CCNc1ncccc1CSc1nccc(=O)[nH]1. The molecule has 0 aromatic carbocycles. The number of thioether (sulfide) groups is 1. The first-order valence-electron chi connectivity index (χ1n) is 5.65. The molecular formula is C12H14N4OS. The van der Waals surface area contributed by atoms with Crippen LogP contribution in [0.4, 0.5) is 5.82 Å². The van der Waals surface area contributed by atoms with Crippen LogP contribution in [0, 0.1) is 0 Å². The van der Waals surface area contributed by atoms with Gasteiger partial charge in [-0.15, -0.1) is 0 Å². The van der Waals surface area contributed by atoms with Crippen molar-refractivity contribution in [2.75, 3.05) is 11.9 Å². The lowest BCUT2D eigenvalue weighted by molar-refractivity contribution is 0.936. The van der Waals surface area contributed by atoms with Crippen LogP contribution in [0.25, 0.3) is 0 Å². The third-order valence-corrected chi connectivity index (χ3v) is 3.18. The summed E-state index contributed by atoms with van der Waals surface area (Å²) in [6, 6.07) is 5.31. The minimum absolute atomic E-state index is 0.134. The standard InChI is InChI=1S/C12H14N4OS/c1-2-13-11-9(4-3-6-14-11)8-18-12-15-7-5-10(17)16-12/h3-7H,2,8H2,1H3,(H,13,14)(H,15,16,17). The van der Waals surface area contributed by atoms with Crippen molar-refractivity contribution in [2.24, 2.45) is 0 Å². The third kappa shape index (κ3) is 3.33. The highest BCUT2D eigenvalue weighted by molar-refractivity contribution is 7.98. The summed E-state index contributed by atoms with van der Waals surface area (Å²) in [6.07, 6.45) is 3.27. The molecule has 0 aliphatic heterocycles. The van der Waals surface area contributed by atoms with Crippen LogP contribution in [0.15, 0.2) is 40.5 Å². The summed E-state index contributed by atoms with van der Waals surface area (Å²) >= 11 is 1.48. The lowest BCUT2D eigenvalue weighted by Gasteiger charge is -2.08. The van der Waals surface area contributed by atoms with E-state index < -0.39 is 0 Å². The van der Waals surface area contributed by atoms with Crippen LogP contribution in [0.1, 0.15) is 12.5 Å². The maximum absolute atomic E-state index is 11.1. The molecule has 0 spiro atoms. The van der Waals surface area contributed by atoms with Gasteiger partial charge in [0.2, 0.25) is 0 Å². The van der Waals surface area contributed by atoms with E-state index in [9.17, 15) is 4.79 Å². The van der Waals surface area contributed by atoms with E-state index >= 15 is 0 Å². The maximum Gasteiger partial charge on any atom is 0.251 e. The molecule has 2 heterocycles. The number of nitrogens with one attached hydrogen (secondary N) is 2. The summed E-state index contributed by atoms with van der Waals surface area (Å²) in [5.74, 6) is 1.59. The van der Waals surface area contributed by atoms with Crippen LogP contribution in [-0.4, -0.2) is 21.5 Å². The molecule has 0 radical (unpaired) electrons. The highest BCUT2D eigenvalue weighted by Gasteiger charge is 2.04. The molecule has 18 heavy (non-hydrogen) atoms. The van der Waals surface area contributed by atoms with E-state index in [1.807, 2.05) is 19.1 Å². The van der Waals surface area contributed by atoms with Crippen molar-refractivity contribution in [3.8, 4) is 0 Å². The van der Waals surface area contributed by atoms with Gasteiger partial charge in [-0.05, 0) is 13.0 Å². The van der Waals surface area contributed by atoms with Gasteiger partial charge in [-0.1, -0.05) is 17.8 Å². The molecule has 0 fully saturated rings. The molecular weight excluding hydrogens is 248 g/mol. The third-order valence-electron chi connectivity index (χ3n) is 2.25. The Bertz CT molecular complexity index is 570. The molecule has 0 aliphatic rings. The maximum atomic E-state index is 11.1. The minimum Gasteiger partial charge on any atom is -0.370 e. The average molecular weight is 262 g/mol. The van der Waals surface area contributed by atoms with E-state index in [2.05, 4.69) is 20.3 Å². The first kappa shape index (κ1) is 12.6. The topological polar surface area (TPSA) is 70.7 Å². The smallest absolute Gasteiger partial charge is 0.251 e. The summed E-state index contributed by atoms with van der Waals surface area (Å²) in [5.41, 5.74) is 0.960. The van der Waals surface area contributed by atoms with E-state index in [0.717, 1.165) is 17.9 Å². The number of hydrogen-bond donors (Lipinski definition) is 2. The molecule has 0 atom stereocenters. The Hall–Kier alpha value is -1.82. The average Bonchev–Trinajstić information content (AvgIpc) is 2.38. The zero-order chi connectivity index (χ0) is 12.8. The number of anilines is 1. The molecule has 0 saturated carbocycles. The molecule has 0 saturated heterocycles. The number of aromatic amines is 1. The van der Waals surface area contributed by atoms with Gasteiger partial charge in [-0.2, -0.15) is 0 Å². The second kappa shape index (κ2) is 6.20. The number of pyridine rings is 1. The predicted octanol–water partition coefficient (Wildman–Crippen LogP) is 1.89. The lowest BCUT2D eigenvalue weighted by atomic mass is 10.3. The molecule has 0 aliphatic carbocycles. The van der Waals surface area contributed by atoms with Gasteiger partial charge in [0.15, 0.2) is 5.16 Å². The van der Waals surface area contributed by atoms with Crippen molar-refractivity contribution in [3.05, 3.63) is 46.5 Å². The number of hydrogen-bond acceptors (Lipinski definition) is 5. The van der Waals surface area contributed by atoms with E-state index in [4.69, 9.17) is 0 Å². The van der Waals surface area contributed by atoms with Crippen molar-refractivity contribution >= 4 is 17.6 Å². The highest BCUT2D eigenvalue weighted by atomic mass is 32.2. The summed E-state index contributed by atoms with van der Waals surface area (Å²) in [5, 5.41) is 3.83. The van der Waals surface area contributed by atoms with Crippen molar-refractivity contribution in [1.29, 1.82) is 0 Å². The van der Waals surface area contributed by atoms with Gasteiger partial charge < -0.3 is 10.3 Å². The Morgan fingerprint density at radius 3 is 3.00 bits per heavy atom. The zero-order valence-electron chi connectivity index (χ0n) is 10.0. The Morgan fingerprint density at radius 1 is 1.33 bits per heavy atom. The Kier molecular flexibility index (Phi) is 4.35.